The van der Waals surface area contributed by atoms with Gasteiger partial charge in [-0.25, -0.2) is 0 Å². The monoisotopic (exact) mass is 460 g/mol. The predicted molar refractivity (Wildman–Crippen MR) is 140 cm³/mol. The molecule has 0 saturated heterocycles. The third-order valence-electron chi connectivity index (χ3n) is 7.10. The first-order valence-electron chi connectivity index (χ1n) is 13.3. The Morgan fingerprint density at radius 1 is 0.941 bits per heavy atom. The van der Waals surface area contributed by atoms with Gasteiger partial charge in [0.15, 0.2) is 0 Å². The molecule has 34 heavy (non-hydrogen) atoms. The minimum Gasteiger partial charge on any atom is -0.494 e. The zero-order chi connectivity index (χ0) is 23.6. The van der Waals surface area contributed by atoms with Gasteiger partial charge in [-0.05, 0) is 91.5 Å². The van der Waals surface area contributed by atoms with E-state index in [9.17, 15) is 4.79 Å². The van der Waals surface area contributed by atoms with Crippen molar-refractivity contribution < 1.29 is 9.53 Å². The van der Waals surface area contributed by atoms with E-state index in [-0.39, 0.29) is 11.9 Å². The van der Waals surface area contributed by atoms with Crippen LogP contribution in [0.2, 0.25) is 0 Å². The Morgan fingerprint density at radius 2 is 1.74 bits per heavy atom. The molecule has 2 aliphatic carbocycles. The van der Waals surface area contributed by atoms with E-state index in [1.54, 1.807) is 0 Å². The van der Waals surface area contributed by atoms with Crippen molar-refractivity contribution in [3.63, 3.8) is 0 Å². The van der Waals surface area contributed by atoms with Gasteiger partial charge in [-0.1, -0.05) is 56.9 Å². The highest BCUT2D eigenvalue weighted by molar-refractivity contribution is 5.81. The first-order chi connectivity index (χ1) is 16.7. The number of nitrogens with one attached hydrogen (secondary N) is 2. The molecule has 2 aliphatic rings. The number of aryl methyl sites for hydroxylation is 1. The SMILES string of the molecule is CCCCCCCOc1ccc(C(NCC(=O)NC2CCCc3ccccc32)=C2CCC2)cc1. The third-order valence-corrected chi connectivity index (χ3v) is 7.10. The summed E-state index contributed by atoms with van der Waals surface area (Å²) in [5.41, 5.74) is 6.32. The van der Waals surface area contributed by atoms with Crippen LogP contribution in [0.25, 0.3) is 5.70 Å². The fourth-order valence-corrected chi connectivity index (χ4v) is 4.97. The first kappa shape index (κ1) is 24.4. The molecule has 0 aliphatic heterocycles. The maximum atomic E-state index is 12.8. The van der Waals surface area contributed by atoms with Crippen molar-refractivity contribution in [1.82, 2.24) is 10.6 Å². The highest BCUT2D eigenvalue weighted by atomic mass is 16.5. The van der Waals surface area contributed by atoms with Gasteiger partial charge in [0.2, 0.25) is 5.91 Å². The fraction of sp³-hybridized carbons (Fsp3) is 0.500. The maximum absolute atomic E-state index is 12.8. The fourth-order valence-electron chi connectivity index (χ4n) is 4.97. The lowest BCUT2D eigenvalue weighted by molar-refractivity contribution is -0.120. The summed E-state index contributed by atoms with van der Waals surface area (Å²) in [5, 5.41) is 6.73. The van der Waals surface area contributed by atoms with Gasteiger partial charge in [-0.3, -0.25) is 4.79 Å². The molecule has 4 rings (SSSR count). The van der Waals surface area contributed by atoms with Crippen LogP contribution in [0, 0.1) is 0 Å². The van der Waals surface area contributed by atoms with E-state index in [0.29, 0.717) is 6.54 Å². The maximum Gasteiger partial charge on any atom is 0.239 e. The molecule has 4 heteroatoms. The number of carbonyl (C=O) groups excluding carboxylic acids is 1. The van der Waals surface area contributed by atoms with Crippen LogP contribution in [0.15, 0.2) is 54.1 Å². The van der Waals surface area contributed by atoms with Crippen LogP contribution in [0.1, 0.15) is 93.9 Å². The van der Waals surface area contributed by atoms with Gasteiger partial charge in [-0.15, -0.1) is 0 Å². The van der Waals surface area contributed by atoms with Crippen LogP contribution in [-0.4, -0.2) is 19.1 Å². The summed E-state index contributed by atoms with van der Waals surface area (Å²) in [6.07, 6.45) is 12.9. The van der Waals surface area contributed by atoms with E-state index in [4.69, 9.17) is 4.74 Å². The second kappa shape index (κ2) is 12.6. The van der Waals surface area contributed by atoms with Crippen molar-refractivity contribution in [3.8, 4) is 5.75 Å². The molecule has 1 amide bonds. The standard InChI is InChI=1S/C30H40N2O2/c1-2-3-4-5-8-21-34-26-19-17-25(18-20-26)30(24-13-9-14-24)31-22-29(33)32-28-16-10-12-23-11-6-7-15-27(23)28/h6-7,11,15,17-20,28,31H,2-5,8-10,12-14,16,21-22H2,1H3,(H,32,33). The van der Waals surface area contributed by atoms with Crippen molar-refractivity contribution in [2.75, 3.05) is 13.2 Å². The topological polar surface area (TPSA) is 50.4 Å². The molecule has 0 radical (unpaired) electrons. The average Bonchev–Trinajstić information content (AvgIpc) is 2.83. The van der Waals surface area contributed by atoms with Gasteiger partial charge >= 0.3 is 0 Å². The number of carbonyl (C=O) groups is 1. The highest BCUT2D eigenvalue weighted by Crippen LogP contribution is 2.33. The van der Waals surface area contributed by atoms with Crippen LogP contribution in [0.3, 0.4) is 0 Å². The quantitative estimate of drug-likeness (QED) is 0.346. The average molecular weight is 461 g/mol. The Balaban J connectivity index is 1.30. The molecule has 0 bridgehead atoms. The lowest BCUT2D eigenvalue weighted by Gasteiger charge is -2.27. The Bertz CT molecular complexity index is 958. The Hall–Kier alpha value is -2.75. The summed E-state index contributed by atoms with van der Waals surface area (Å²) in [5.74, 6) is 0.980. The van der Waals surface area contributed by atoms with Crippen molar-refractivity contribution in [1.29, 1.82) is 0 Å². The van der Waals surface area contributed by atoms with Crippen LogP contribution < -0.4 is 15.4 Å². The Kier molecular flexibility index (Phi) is 9.06. The van der Waals surface area contributed by atoms with Gasteiger partial charge in [0.25, 0.3) is 0 Å². The van der Waals surface area contributed by atoms with Gasteiger partial charge in [-0.2, -0.15) is 0 Å². The number of hydrogen-bond donors (Lipinski definition) is 2. The summed E-state index contributed by atoms with van der Waals surface area (Å²) < 4.78 is 5.93. The molecule has 4 nitrogen and oxygen atoms in total. The summed E-state index contributed by atoms with van der Waals surface area (Å²) in [7, 11) is 0. The molecule has 0 heterocycles. The summed E-state index contributed by atoms with van der Waals surface area (Å²) >= 11 is 0. The smallest absolute Gasteiger partial charge is 0.239 e. The molecule has 1 unspecified atom stereocenters. The van der Waals surface area contributed by atoms with Crippen LogP contribution in [-0.2, 0) is 11.2 Å². The van der Waals surface area contributed by atoms with Crippen molar-refractivity contribution >= 4 is 11.6 Å². The van der Waals surface area contributed by atoms with Crippen molar-refractivity contribution in [2.45, 2.75) is 83.6 Å². The van der Waals surface area contributed by atoms with E-state index in [2.05, 4.69) is 66.1 Å². The predicted octanol–water partition coefficient (Wildman–Crippen LogP) is 6.71. The normalized spacial score (nSPS) is 16.9. The zero-order valence-electron chi connectivity index (χ0n) is 20.7. The van der Waals surface area contributed by atoms with Gasteiger partial charge in [0.1, 0.15) is 5.75 Å². The molecule has 182 valence electrons. The summed E-state index contributed by atoms with van der Waals surface area (Å²) in [6.45, 7) is 3.32. The van der Waals surface area contributed by atoms with Gasteiger partial charge in [0, 0.05) is 5.70 Å². The van der Waals surface area contributed by atoms with E-state index in [1.807, 2.05) is 0 Å². The molecular formula is C30H40N2O2. The number of rotatable bonds is 12. The van der Waals surface area contributed by atoms with Crippen LogP contribution in [0.5, 0.6) is 5.75 Å². The number of amides is 1. The zero-order valence-corrected chi connectivity index (χ0v) is 20.7. The molecule has 0 aromatic heterocycles. The number of hydrogen-bond acceptors (Lipinski definition) is 3. The number of ether oxygens (including phenoxy) is 1. The van der Waals surface area contributed by atoms with Gasteiger partial charge < -0.3 is 15.4 Å². The largest absolute Gasteiger partial charge is 0.494 e. The third kappa shape index (κ3) is 6.65. The molecule has 1 atom stereocenters. The van der Waals surface area contributed by atoms with E-state index < -0.39 is 0 Å². The summed E-state index contributed by atoms with van der Waals surface area (Å²) in [4.78, 5) is 12.8. The number of allylic oxidation sites excluding steroid dienone is 1. The van der Waals surface area contributed by atoms with E-state index in [0.717, 1.165) is 62.1 Å². The lowest BCUT2D eigenvalue weighted by Crippen LogP contribution is -2.37. The Labute approximate surface area is 205 Å². The summed E-state index contributed by atoms with van der Waals surface area (Å²) in [6, 6.07) is 17.0. The Morgan fingerprint density at radius 3 is 2.50 bits per heavy atom. The van der Waals surface area contributed by atoms with Crippen molar-refractivity contribution in [2.24, 2.45) is 0 Å². The van der Waals surface area contributed by atoms with Crippen LogP contribution >= 0.6 is 0 Å². The minimum atomic E-state index is 0.0575. The minimum absolute atomic E-state index is 0.0575. The van der Waals surface area contributed by atoms with E-state index in [1.165, 1.54) is 48.8 Å². The molecule has 1 fully saturated rings. The molecule has 2 aromatic carbocycles. The second-order valence-electron chi connectivity index (χ2n) is 9.68. The van der Waals surface area contributed by atoms with Gasteiger partial charge in [0.05, 0.1) is 19.2 Å². The molecule has 0 spiro atoms. The van der Waals surface area contributed by atoms with Crippen molar-refractivity contribution in [3.05, 3.63) is 70.8 Å². The molecule has 2 aromatic rings. The number of benzene rings is 2. The lowest BCUT2D eigenvalue weighted by atomic mass is 9.87. The first-order valence-corrected chi connectivity index (χ1v) is 13.3. The van der Waals surface area contributed by atoms with E-state index >= 15 is 0 Å². The molecular weight excluding hydrogens is 420 g/mol. The number of unbranched alkanes of at least 4 members (excludes halogenated alkanes) is 4. The second-order valence-corrected chi connectivity index (χ2v) is 9.68. The molecule has 2 N–H and O–H groups in total. The molecule has 1 saturated carbocycles. The number of fused-ring (bicyclic) bond motifs is 1. The van der Waals surface area contributed by atoms with Crippen LogP contribution in [0.4, 0.5) is 0 Å². The highest BCUT2D eigenvalue weighted by Gasteiger charge is 2.22.